The number of amides is 1. The van der Waals surface area contributed by atoms with Crippen molar-refractivity contribution < 1.29 is 4.79 Å². The number of carbonyl (C=O) groups excluding carboxylic acids is 1. The highest BCUT2D eigenvalue weighted by Gasteiger charge is 2.38. The third kappa shape index (κ3) is 4.29. The molecular weight excluding hydrogens is 378 g/mol. The molecule has 0 saturated heterocycles. The Labute approximate surface area is 184 Å². The first-order valence-electron chi connectivity index (χ1n) is 10.6. The van der Waals surface area contributed by atoms with Gasteiger partial charge in [-0.25, -0.2) is 0 Å². The summed E-state index contributed by atoms with van der Waals surface area (Å²) in [7, 11) is 0. The van der Waals surface area contributed by atoms with Crippen molar-refractivity contribution in [2.75, 3.05) is 5.32 Å². The molecule has 0 bridgehead atoms. The number of anilines is 1. The third-order valence-electron chi connectivity index (χ3n) is 5.88. The maximum atomic E-state index is 13.5. The second-order valence-corrected chi connectivity index (χ2v) is 8.05. The first-order valence-corrected chi connectivity index (χ1v) is 10.6. The Balaban J connectivity index is 1.83. The van der Waals surface area contributed by atoms with E-state index >= 15 is 0 Å². The summed E-state index contributed by atoms with van der Waals surface area (Å²) in [4.78, 5) is 13.5. The molecule has 0 fully saturated rings. The summed E-state index contributed by atoms with van der Waals surface area (Å²) in [6.07, 6.45) is 0.304. The van der Waals surface area contributed by atoms with Crippen molar-refractivity contribution in [3.8, 4) is 0 Å². The van der Waals surface area contributed by atoms with Crippen LogP contribution in [-0.2, 0) is 10.2 Å². The van der Waals surface area contributed by atoms with Crippen molar-refractivity contribution in [3.05, 3.63) is 137 Å². The third-order valence-corrected chi connectivity index (χ3v) is 5.88. The highest BCUT2D eigenvalue weighted by atomic mass is 16.1. The van der Waals surface area contributed by atoms with Gasteiger partial charge < -0.3 is 5.32 Å². The lowest BCUT2D eigenvalue weighted by atomic mass is 9.67. The summed E-state index contributed by atoms with van der Waals surface area (Å²) >= 11 is 0. The number of hydrogen-bond donors (Lipinski definition) is 1. The van der Waals surface area contributed by atoms with Gasteiger partial charge in [0, 0.05) is 12.1 Å². The van der Waals surface area contributed by atoms with Gasteiger partial charge in [-0.3, -0.25) is 4.79 Å². The van der Waals surface area contributed by atoms with Crippen molar-refractivity contribution >= 4 is 11.6 Å². The highest BCUT2D eigenvalue weighted by Crippen LogP contribution is 2.42. The van der Waals surface area contributed by atoms with Crippen molar-refractivity contribution in [2.45, 2.75) is 25.7 Å². The average molecular weight is 406 g/mol. The lowest BCUT2D eigenvalue weighted by molar-refractivity contribution is -0.116. The quantitative estimate of drug-likeness (QED) is 0.357. The van der Waals surface area contributed by atoms with Gasteiger partial charge in [-0.05, 0) is 42.2 Å². The molecule has 1 N–H and O–H groups in total. The molecule has 2 nitrogen and oxygen atoms in total. The summed E-state index contributed by atoms with van der Waals surface area (Å²) in [5, 5.41) is 3.16. The Morgan fingerprint density at radius 1 is 0.677 bits per heavy atom. The first-order chi connectivity index (χ1) is 15.1. The molecule has 2 heteroatoms. The van der Waals surface area contributed by atoms with Crippen molar-refractivity contribution in [2.24, 2.45) is 0 Å². The van der Waals surface area contributed by atoms with E-state index in [2.05, 4.69) is 54.7 Å². The molecular formula is C29H27NO. The van der Waals surface area contributed by atoms with Gasteiger partial charge in [0.25, 0.3) is 0 Å². The van der Waals surface area contributed by atoms with E-state index < -0.39 is 5.41 Å². The van der Waals surface area contributed by atoms with Crippen LogP contribution >= 0.6 is 0 Å². The monoisotopic (exact) mass is 405 g/mol. The molecule has 0 unspecified atom stereocenters. The van der Waals surface area contributed by atoms with E-state index in [9.17, 15) is 4.79 Å². The molecule has 0 atom stereocenters. The van der Waals surface area contributed by atoms with E-state index in [1.54, 1.807) is 0 Å². The lowest BCUT2D eigenvalue weighted by Crippen LogP contribution is -2.34. The van der Waals surface area contributed by atoms with E-state index in [1.807, 2.05) is 73.7 Å². The Morgan fingerprint density at radius 3 is 1.55 bits per heavy atom. The molecule has 4 aromatic carbocycles. The van der Waals surface area contributed by atoms with Crippen LogP contribution in [0.25, 0.3) is 0 Å². The fraction of sp³-hybridized carbons (Fsp3) is 0.138. The minimum atomic E-state index is -0.591. The molecule has 154 valence electrons. The zero-order valence-corrected chi connectivity index (χ0v) is 18.0. The molecule has 0 saturated carbocycles. The predicted octanol–water partition coefficient (Wildman–Crippen LogP) is 6.67. The van der Waals surface area contributed by atoms with Crippen LogP contribution in [0.5, 0.6) is 0 Å². The average Bonchev–Trinajstić information content (AvgIpc) is 2.81. The molecule has 0 spiro atoms. The SMILES string of the molecule is Cc1ccc(NC(=O)CC(c2ccccc2)(c2ccccc2)c2ccccc2)c(C)c1. The summed E-state index contributed by atoms with van der Waals surface area (Å²) in [6.45, 7) is 4.09. The maximum Gasteiger partial charge on any atom is 0.225 e. The number of benzene rings is 4. The number of aryl methyl sites for hydroxylation is 2. The van der Waals surface area contributed by atoms with E-state index in [0.29, 0.717) is 6.42 Å². The van der Waals surface area contributed by atoms with Crippen LogP contribution in [-0.4, -0.2) is 5.91 Å². The van der Waals surface area contributed by atoms with Crippen LogP contribution in [0.4, 0.5) is 5.69 Å². The molecule has 31 heavy (non-hydrogen) atoms. The Hall–Kier alpha value is -3.65. The lowest BCUT2D eigenvalue weighted by Gasteiger charge is -2.35. The van der Waals surface area contributed by atoms with Gasteiger partial charge in [0.15, 0.2) is 0 Å². The smallest absolute Gasteiger partial charge is 0.225 e. The molecule has 4 rings (SSSR count). The minimum Gasteiger partial charge on any atom is -0.326 e. The summed E-state index contributed by atoms with van der Waals surface area (Å²) in [5.41, 5.74) is 5.82. The number of hydrogen-bond acceptors (Lipinski definition) is 1. The normalized spacial score (nSPS) is 11.2. The predicted molar refractivity (Wildman–Crippen MR) is 128 cm³/mol. The topological polar surface area (TPSA) is 29.1 Å². The molecule has 4 aromatic rings. The van der Waals surface area contributed by atoms with Crippen molar-refractivity contribution in [1.82, 2.24) is 0 Å². The number of nitrogens with one attached hydrogen (secondary N) is 1. The summed E-state index contributed by atoms with van der Waals surface area (Å²) in [5.74, 6) is -0.0106. The minimum absolute atomic E-state index is 0.0106. The number of carbonyl (C=O) groups is 1. The molecule has 0 aliphatic rings. The van der Waals surface area contributed by atoms with Crippen LogP contribution in [0, 0.1) is 13.8 Å². The van der Waals surface area contributed by atoms with Crippen LogP contribution in [0.15, 0.2) is 109 Å². The second-order valence-electron chi connectivity index (χ2n) is 8.05. The Kier molecular flexibility index (Phi) is 5.99. The fourth-order valence-corrected chi connectivity index (χ4v) is 4.36. The molecule has 0 heterocycles. The molecule has 1 amide bonds. The van der Waals surface area contributed by atoms with Gasteiger partial charge in [0.1, 0.15) is 0 Å². The van der Waals surface area contributed by atoms with Gasteiger partial charge in [-0.15, -0.1) is 0 Å². The Bertz CT molecular complexity index is 1050. The van der Waals surface area contributed by atoms with Crippen molar-refractivity contribution in [3.63, 3.8) is 0 Å². The van der Waals surface area contributed by atoms with E-state index in [-0.39, 0.29) is 5.91 Å². The van der Waals surface area contributed by atoms with Gasteiger partial charge in [-0.2, -0.15) is 0 Å². The molecule has 0 radical (unpaired) electrons. The Morgan fingerprint density at radius 2 is 1.13 bits per heavy atom. The second kappa shape index (κ2) is 9.01. The van der Waals surface area contributed by atoms with Crippen molar-refractivity contribution in [1.29, 1.82) is 0 Å². The summed E-state index contributed by atoms with van der Waals surface area (Å²) in [6, 6.07) is 37.1. The molecule has 0 aliphatic carbocycles. The van der Waals surface area contributed by atoms with Crippen LogP contribution < -0.4 is 5.32 Å². The molecule has 0 aromatic heterocycles. The molecule has 0 aliphatic heterocycles. The van der Waals surface area contributed by atoms with Crippen LogP contribution in [0.2, 0.25) is 0 Å². The zero-order chi connectivity index (χ0) is 21.7. The number of rotatable bonds is 6. The van der Waals surface area contributed by atoms with Gasteiger partial charge in [-0.1, -0.05) is 109 Å². The largest absolute Gasteiger partial charge is 0.326 e. The van der Waals surface area contributed by atoms with Crippen LogP contribution in [0.3, 0.4) is 0 Å². The zero-order valence-electron chi connectivity index (χ0n) is 18.0. The fourth-order valence-electron chi connectivity index (χ4n) is 4.36. The van der Waals surface area contributed by atoms with Crippen LogP contribution in [0.1, 0.15) is 34.2 Å². The summed E-state index contributed by atoms with van der Waals surface area (Å²) < 4.78 is 0. The standard InChI is InChI=1S/C29H27NO/c1-22-18-19-27(23(2)20-22)30-28(31)21-29(24-12-6-3-7-13-24,25-14-8-4-9-15-25)26-16-10-5-11-17-26/h3-20H,21H2,1-2H3,(H,30,31). The van der Waals surface area contributed by atoms with Gasteiger partial charge >= 0.3 is 0 Å². The highest BCUT2D eigenvalue weighted by molar-refractivity contribution is 5.93. The maximum absolute atomic E-state index is 13.5. The van der Waals surface area contributed by atoms with Gasteiger partial charge in [0.2, 0.25) is 5.91 Å². The van der Waals surface area contributed by atoms with E-state index in [4.69, 9.17) is 0 Å². The van der Waals surface area contributed by atoms with E-state index in [1.165, 1.54) is 5.56 Å². The first kappa shape index (κ1) is 20.6. The van der Waals surface area contributed by atoms with E-state index in [0.717, 1.165) is 27.9 Å². The van der Waals surface area contributed by atoms with Gasteiger partial charge in [0.05, 0.1) is 5.41 Å².